The van der Waals surface area contributed by atoms with Crippen molar-refractivity contribution in [2.45, 2.75) is 18.3 Å². The Hall–Kier alpha value is -0.310. The summed E-state index contributed by atoms with van der Waals surface area (Å²) in [6.07, 6.45) is 3.76. The summed E-state index contributed by atoms with van der Waals surface area (Å²) >= 11 is 2.48. The van der Waals surface area contributed by atoms with Crippen molar-refractivity contribution < 1.29 is 0 Å². The second kappa shape index (κ2) is 2.34. The molecule has 0 N–H and O–H groups in total. The van der Waals surface area contributed by atoms with Gasteiger partial charge < -0.3 is 0 Å². The summed E-state index contributed by atoms with van der Waals surface area (Å²) in [5.41, 5.74) is 3.15. The molecule has 1 heteroatoms. The number of fused-ring (bicyclic) bond motifs is 5. The molecule has 60 valence electrons. The molecule has 2 aliphatic rings. The summed E-state index contributed by atoms with van der Waals surface area (Å²) < 4.78 is 1.55. The number of allylic oxidation sites excluding steroid dienone is 2. The fourth-order valence-electron chi connectivity index (χ4n) is 2.40. The lowest BCUT2D eigenvalue weighted by Crippen LogP contribution is -1.93. The summed E-state index contributed by atoms with van der Waals surface area (Å²) in [6.45, 7) is 0. The van der Waals surface area contributed by atoms with Crippen LogP contribution in [0.3, 0.4) is 0 Å². The zero-order chi connectivity index (χ0) is 8.13. The van der Waals surface area contributed by atoms with Gasteiger partial charge in [0.05, 0.1) is 0 Å². The molecular weight excluding hydrogens is 259 g/mol. The first kappa shape index (κ1) is 7.13. The first-order chi connectivity index (χ1) is 5.86. The van der Waals surface area contributed by atoms with E-state index in [9.17, 15) is 0 Å². The second-order valence-electron chi connectivity index (χ2n) is 3.58. The predicted molar refractivity (Wildman–Crippen MR) is 58.6 cm³/mol. The van der Waals surface area contributed by atoms with E-state index in [0.717, 1.165) is 11.8 Å². The largest absolute Gasteiger partial charge is 0.0670 e. The molecule has 2 unspecified atom stereocenters. The zero-order valence-electron chi connectivity index (χ0n) is 6.63. The van der Waals surface area contributed by atoms with Crippen molar-refractivity contribution in [1.29, 1.82) is 0 Å². The Morgan fingerprint density at radius 3 is 2.75 bits per heavy atom. The van der Waals surface area contributed by atoms with Crippen molar-refractivity contribution >= 4 is 22.6 Å². The molecule has 0 saturated heterocycles. The quantitative estimate of drug-likeness (QED) is 0.631. The van der Waals surface area contributed by atoms with Gasteiger partial charge in [0, 0.05) is 11.8 Å². The standard InChI is InChI=1S/C11H9I/c12-11-6-7-5-10(11)9-4-2-1-3-8(7)9/h1-4,6-7,10H,5H2. The maximum Gasteiger partial charge on any atom is 0.0156 e. The van der Waals surface area contributed by atoms with Gasteiger partial charge in [-0.2, -0.15) is 0 Å². The van der Waals surface area contributed by atoms with E-state index in [1.54, 1.807) is 14.7 Å². The third-order valence-corrected chi connectivity index (χ3v) is 4.07. The topological polar surface area (TPSA) is 0 Å². The Morgan fingerprint density at radius 1 is 1.17 bits per heavy atom. The van der Waals surface area contributed by atoms with Gasteiger partial charge in [-0.25, -0.2) is 0 Å². The molecule has 2 atom stereocenters. The Morgan fingerprint density at radius 2 is 1.92 bits per heavy atom. The molecule has 0 spiro atoms. The van der Waals surface area contributed by atoms with Crippen LogP contribution in [0.2, 0.25) is 0 Å². The van der Waals surface area contributed by atoms with Gasteiger partial charge in [-0.05, 0) is 43.7 Å². The van der Waals surface area contributed by atoms with Crippen molar-refractivity contribution in [3.63, 3.8) is 0 Å². The molecule has 0 saturated carbocycles. The Bertz CT molecular complexity index is 365. The van der Waals surface area contributed by atoms with E-state index in [1.807, 2.05) is 0 Å². The molecule has 0 aliphatic heterocycles. The van der Waals surface area contributed by atoms with Crippen molar-refractivity contribution in [2.24, 2.45) is 0 Å². The molecule has 0 fully saturated rings. The lowest BCUT2D eigenvalue weighted by molar-refractivity contribution is 0.803. The van der Waals surface area contributed by atoms with Crippen LogP contribution in [-0.4, -0.2) is 0 Å². The van der Waals surface area contributed by atoms with Crippen LogP contribution < -0.4 is 0 Å². The molecule has 2 aliphatic carbocycles. The van der Waals surface area contributed by atoms with Crippen LogP contribution in [0.4, 0.5) is 0 Å². The lowest BCUT2D eigenvalue weighted by Gasteiger charge is -2.11. The SMILES string of the molecule is IC1=CC2CC1c1ccccc12. The Kier molecular flexibility index (Phi) is 1.39. The van der Waals surface area contributed by atoms with E-state index in [1.165, 1.54) is 6.42 Å². The van der Waals surface area contributed by atoms with E-state index in [0.29, 0.717) is 0 Å². The maximum atomic E-state index is 2.48. The highest BCUT2D eigenvalue weighted by molar-refractivity contribution is 14.1. The highest BCUT2D eigenvalue weighted by atomic mass is 127. The molecule has 12 heavy (non-hydrogen) atoms. The number of benzene rings is 1. The summed E-state index contributed by atoms with van der Waals surface area (Å²) in [7, 11) is 0. The average molecular weight is 268 g/mol. The third kappa shape index (κ3) is 0.777. The van der Waals surface area contributed by atoms with Crippen LogP contribution in [0, 0.1) is 0 Å². The van der Waals surface area contributed by atoms with Crippen LogP contribution in [0.1, 0.15) is 29.4 Å². The lowest BCUT2D eigenvalue weighted by atomic mass is 9.97. The molecule has 0 amide bonds. The van der Waals surface area contributed by atoms with Gasteiger partial charge in [0.2, 0.25) is 0 Å². The van der Waals surface area contributed by atoms with E-state index < -0.39 is 0 Å². The van der Waals surface area contributed by atoms with Gasteiger partial charge in [0.25, 0.3) is 0 Å². The number of rotatable bonds is 0. The van der Waals surface area contributed by atoms with E-state index in [4.69, 9.17) is 0 Å². The van der Waals surface area contributed by atoms with E-state index >= 15 is 0 Å². The third-order valence-electron chi connectivity index (χ3n) is 2.95. The number of hydrogen-bond acceptors (Lipinski definition) is 0. The first-order valence-electron chi connectivity index (χ1n) is 4.32. The minimum atomic E-state index is 0.734. The second-order valence-corrected chi connectivity index (χ2v) is 4.82. The van der Waals surface area contributed by atoms with Crippen LogP contribution >= 0.6 is 22.6 Å². The fraction of sp³-hybridized carbons (Fsp3) is 0.273. The Labute approximate surface area is 85.8 Å². The highest BCUT2D eigenvalue weighted by Crippen LogP contribution is 2.53. The molecule has 1 aromatic carbocycles. The van der Waals surface area contributed by atoms with E-state index in [2.05, 4.69) is 52.9 Å². The number of halogens is 1. The molecular formula is C11H9I. The average Bonchev–Trinajstić information content (AvgIpc) is 2.62. The normalized spacial score (nSPS) is 30.2. The molecule has 0 aromatic heterocycles. The molecule has 0 heterocycles. The molecule has 1 aromatic rings. The molecule has 2 bridgehead atoms. The van der Waals surface area contributed by atoms with Gasteiger partial charge in [-0.1, -0.05) is 30.3 Å². The summed E-state index contributed by atoms with van der Waals surface area (Å²) in [5, 5.41) is 0. The Balaban J connectivity index is 2.23. The minimum Gasteiger partial charge on any atom is -0.0670 e. The predicted octanol–water partition coefficient (Wildman–Crippen LogP) is 3.59. The molecule has 3 rings (SSSR count). The van der Waals surface area contributed by atoms with Crippen LogP contribution in [0.25, 0.3) is 0 Å². The van der Waals surface area contributed by atoms with Crippen LogP contribution in [0.15, 0.2) is 33.9 Å². The van der Waals surface area contributed by atoms with Crippen molar-refractivity contribution in [2.75, 3.05) is 0 Å². The monoisotopic (exact) mass is 268 g/mol. The smallest absolute Gasteiger partial charge is 0.0156 e. The summed E-state index contributed by atoms with van der Waals surface area (Å²) in [5.74, 6) is 1.48. The fourth-order valence-corrected chi connectivity index (χ4v) is 3.42. The van der Waals surface area contributed by atoms with Crippen molar-refractivity contribution in [1.82, 2.24) is 0 Å². The minimum absolute atomic E-state index is 0.734. The summed E-state index contributed by atoms with van der Waals surface area (Å²) in [4.78, 5) is 0. The molecule has 0 nitrogen and oxygen atoms in total. The van der Waals surface area contributed by atoms with Gasteiger partial charge in [0.1, 0.15) is 0 Å². The van der Waals surface area contributed by atoms with Crippen molar-refractivity contribution in [3.8, 4) is 0 Å². The summed E-state index contributed by atoms with van der Waals surface area (Å²) in [6, 6.07) is 8.87. The van der Waals surface area contributed by atoms with Crippen LogP contribution in [-0.2, 0) is 0 Å². The van der Waals surface area contributed by atoms with Gasteiger partial charge in [-0.3, -0.25) is 0 Å². The highest BCUT2D eigenvalue weighted by Gasteiger charge is 2.36. The van der Waals surface area contributed by atoms with Gasteiger partial charge >= 0.3 is 0 Å². The van der Waals surface area contributed by atoms with Gasteiger partial charge in [-0.15, -0.1) is 0 Å². The molecule has 0 radical (unpaired) electrons. The first-order valence-corrected chi connectivity index (χ1v) is 5.40. The van der Waals surface area contributed by atoms with Crippen molar-refractivity contribution in [3.05, 3.63) is 45.0 Å². The van der Waals surface area contributed by atoms with Crippen LogP contribution in [0.5, 0.6) is 0 Å². The van der Waals surface area contributed by atoms with E-state index in [-0.39, 0.29) is 0 Å². The number of hydrogen-bond donors (Lipinski definition) is 0. The maximum absolute atomic E-state index is 2.48. The van der Waals surface area contributed by atoms with Gasteiger partial charge in [0.15, 0.2) is 0 Å². The zero-order valence-corrected chi connectivity index (χ0v) is 8.78.